The zero-order valence-corrected chi connectivity index (χ0v) is 13.3. The average molecular weight is 326 g/mol. The minimum absolute atomic E-state index is 0.139. The summed E-state index contributed by atoms with van der Waals surface area (Å²) in [6, 6.07) is 11.0. The summed E-state index contributed by atoms with van der Waals surface area (Å²) in [5.74, 6) is -1.74. The number of carbonyl (C=O) groups is 2. The Morgan fingerprint density at radius 3 is 2.83 bits per heavy atom. The molecule has 0 radical (unpaired) electrons. The van der Waals surface area contributed by atoms with Crippen LogP contribution in [0.1, 0.15) is 31.2 Å². The number of nitriles is 1. The van der Waals surface area contributed by atoms with Gasteiger partial charge in [-0.3, -0.25) is 4.79 Å². The van der Waals surface area contributed by atoms with E-state index in [0.29, 0.717) is 6.42 Å². The first-order valence-corrected chi connectivity index (χ1v) is 7.95. The SMILES string of the molecule is CCOC(=O)[C@]1(C#N)[C@@H](c2ccccc2)C=C[C@H]2CCC(=O)ON21. The van der Waals surface area contributed by atoms with Crippen molar-refractivity contribution < 1.29 is 19.2 Å². The summed E-state index contributed by atoms with van der Waals surface area (Å²) in [7, 11) is 0. The Morgan fingerprint density at radius 1 is 1.42 bits per heavy atom. The van der Waals surface area contributed by atoms with E-state index < -0.39 is 23.4 Å². The second kappa shape index (κ2) is 6.46. The molecule has 0 aromatic heterocycles. The number of rotatable bonds is 3. The Morgan fingerprint density at radius 2 is 2.17 bits per heavy atom. The molecule has 0 spiro atoms. The third-order valence-electron chi connectivity index (χ3n) is 4.38. The minimum Gasteiger partial charge on any atom is -0.464 e. The van der Waals surface area contributed by atoms with E-state index in [-0.39, 0.29) is 19.1 Å². The maximum Gasteiger partial charge on any atom is 0.345 e. The largest absolute Gasteiger partial charge is 0.464 e. The highest BCUT2D eigenvalue weighted by Gasteiger charge is 2.59. The first-order chi connectivity index (χ1) is 11.6. The van der Waals surface area contributed by atoms with Crippen LogP contribution < -0.4 is 0 Å². The molecule has 0 amide bonds. The van der Waals surface area contributed by atoms with Gasteiger partial charge in [0.25, 0.3) is 0 Å². The Balaban J connectivity index is 2.14. The van der Waals surface area contributed by atoms with Gasteiger partial charge < -0.3 is 9.57 Å². The van der Waals surface area contributed by atoms with Gasteiger partial charge in [0, 0.05) is 12.3 Å². The second-order valence-electron chi connectivity index (χ2n) is 5.77. The molecule has 2 heterocycles. The highest BCUT2D eigenvalue weighted by atomic mass is 16.7. The lowest BCUT2D eigenvalue weighted by Gasteiger charge is -2.46. The quantitative estimate of drug-likeness (QED) is 0.625. The van der Waals surface area contributed by atoms with Crippen molar-refractivity contribution in [1.82, 2.24) is 5.06 Å². The molecule has 124 valence electrons. The highest BCUT2D eigenvalue weighted by molar-refractivity contribution is 5.87. The van der Waals surface area contributed by atoms with E-state index in [2.05, 4.69) is 6.07 Å². The maximum atomic E-state index is 12.8. The van der Waals surface area contributed by atoms with Crippen molar-refractivity contribution in [3.8, 4) is 6.07 Å². The molecular formula is C18H18N2O4. The molecule has 1 aromatic carbocycles. The topological polar surface area (TPSA) is 79.6 Å². The molecule has 6 heteroatoms. The van der Waals surface area contributed by atoms with Crippen molar-refractivity contribution in [2.45, 2.75) is 37.3 Å². The number of fused-ring (bicyclic) bond motifs is 1. The molecule has 3 atom stereocenters. The van der Waals surface area contributed by atoms with E-state index in [9.17, 15) is 14.9 Å². The number of hydrogen-bond donors (Lipinski definition) is 0. The van der Waals surface area contributed by atoms with Gasteiger partial charge >= 0.3 is 11.9 Å². The number of hydrogen-bond acceptors (Lipinski definition) is 6. The fourth-order valence-electron chi connectivity index (χ4n) is 3.26. The third-order valence-corrected chi connectivity index (χ3v) is 4.38. The molecule has 0 unspecified atom stereocenters. The van der Waals surface area contributed by atoms with E-state index in [1.54, 1.807) is 6.92 Å². The molecule has 1 saturated heterocycles. The first-order valence-electron chi connectivity index (χ1n) is 7.95. The molecule has 24 heavy (non-hydrogen) atoms. The monoisotopic (exact) mass is 326 g/mol. The van der Waals surface area contributed by atoms with E-state index in [4.69, 9.17) is 9.57 Å². The lowest BCUT2D eigenvalue weighted by molar-refractivity contribution is -0.243. The van der Waals surface area contributed by atoms with Gasteiger partial charge in [-0.15, -0.1) is 5.06 Å². The lowest BCUT2D eigenvalue weighted by Crippen LogP contribution is -2.64. The van der Waals surface area contributed by atoms with Crippen LogP contribution in [0.3, 0.4) is 0 Å². The Kier molecular flexibility index (Phi) is 4.36. The molecule has 0 bridgehead atoms. The van der Waals surface area contributed by atoms with Crippen LogP contribution in [0, 0.1) is 11.3 Å². The highest BCUT2D eigenvalue weighted by Crippen LogP contribution is 2.43. The van der Waals surface area contributed by atoms with Gasteiger partial charge in [-0.2, -0.15) is 5.26 Å². The summed E-state index contributed by atoms with van der Waals surface area (Å²) in [6.45, 7) is 1.82. The Bertz CT molecular complexity index is 709. The standard InChI is InChI=1S/C18H18N2O4/c1-2-23-17(22)18(12-19)15(13-6-4-3-5-7-13)10-8-14-9-11-16(21)24-20(14)18/h3-8,10,14-15H,2,9,11H2,1H3/t14-,15+,18-/m0/s1. The zero-order chi connectivity index (χ0) is 17.2. The van der Waals surface area contributed by atoms with Crippen LogP contribution in [0.4, 0.5) is 0 Å². The molecular weight excluding hydrogens is 308 g/mol. The van der Waals surface area contributed by atoms with Crippen molar-refractivity contribution in [3.63, 3.8) is 0 Å². The number of esters is 1. The molecule has 0 aliphatic carbocycles. The van der Waals surface area contributed by atoms with Crippen molar-refractivity contribution >= 4 is 11.9 Å². The van der Waals surface area contributed by atoms with Gasteiger partial charge in [-0.05, 0) is 18.9 Å². The van der Waals surface area contributed by atoms with Crippen molar-refractivity contribution in [3.05, 3.63) is 48.0 Å². The van der Waals surface area contributed by atoms with Crippen LogP contribution in [-0.2, 0) is 19.2 Å². The van der Waals surface area contributed by atoms with Crippen LogP contribution in [-0.4, -0.2) is 35.2 Å². The molecule has 2 aliphatic rings. The van der Waals surface area contributed by atoms with Gasteiger partial charge in [0.15, 0.2) is 0 Å². The molecule has 1 fully saturated rings. The van der Waals surface area contributed by atoms with E-state index in [1.807, 2.05) is 42.5 Å². The second-order valence-corrected chi connectivity index (χ2v) is 5.77. The van der Waals surface area contributed by atoms with Crippen LogP contribution in [0.2, 0.25) is 0 Å². The average Bonchev–Trinajstić information content (AvgIpc) is 2.61. The molecule has 2 aliphatic heterocycles. The lowest BCUT2D eigenvalue weighted by atomic mass is 9.75. The van der Waals surface area contributed by atoms with Crippen molar-refractivity contribution in [1.29, 1.82) is 5.26 Å². The smallest absolute Gasteiger partial charge is 0.345 e. The van der Waals surface area contributed by atoms with Gasteiger partial charge in [0.05, 0.1) is 12.6 Å². The van der Waals surface area contributed by atoms with Crippen LogP contribution in [0.15, 0.2) is 42.5 Å². The summed E-state index contributed by atoms with van der Waals surface area (Å²) in [5, 5.41) is 11.2. The number of nitrogens with zero attached hydrogens (tertiary/aromatic N) is 2. The zero-order valence-electron chi connectivity index (χ0n) is 13.3. The Labute approximate surface area is 140 Å². The fourth-order valence-corrected chi connectivity index (χ4v) is 3.26. The van der Waals surface area contributed by atoms with Crippen LogP contribution in [0.25, 0.3) is 0 Å². The summed E-state index contributed by atoms with van der Waals surface area (Å²) in [6.07, 6.45) is 4.49. The van der Waals surface area contributed by atoms with Gasteiger partial charge in [-0.25, -0.2) is 4.79 Å². The van der Waals surface area contributed by atoms with E-state index in [0.717, 1.165) is 5.56 Å². The molecule has 0 saturated carbocycles. The summed E-state index contributed by atoms with van der Waals surface area (Å²) in [5.41, 5.74) is -0.948. The minimum atomic E-state index is -1.73. The molecule has 0 N–H and O–H groups in total. The van der Waals surface area contributed by atoms with Crippen molar-refractivity contribution in [2.75, 3.05) is 6.61 Å². The van der Waals surface area contributed by atoms with Gasteiger partial charge in [0.1, 0.15) is 6.07 Å². The third kappa shape index (κ3) is 2.47. The van der Waals surface area contributed by atoms with Crippen molar-refractivity contribution in [2.24, 2.45) is 0 Å². The van der Waals surface area contributed by atoms with Gasteiger partial charge in [-0.1, -0.05) is 42.5 Å². The number of carbonyl (C=O) groups excluding carboxylic acids is 2. The summed E-state index contributed by atoms with van der Waals surface area (Å²) in [4.78, 5) is 29.9. The van der Waals surface area contributed by atoms with Gasteiger partial charge in [0.2, 0.25) is 5.54 Å². The normalized spacial score (nSPS) is 29.2. The molecule has 6 nitrogen and oxygen atoms in total. The summed E-state index contributed by atoms with van der Waals surface area (Å²) < 4.78 is 5.18. The predicted octanol–water partition coefficient (Wildman–Crippen LogP) is 2.09. The molecule has 1 aromatic rings. The van der Waals surface area contributed by atoms with Crippen LogP contribution in [0.5, 0.6) is 0 Å². The number of benzene rings is 1. The van der Waals surface area contributed by atoms with E-state index in [1.165, 1.54) is 5.06 Å². The Hall–Kier alpha value is -2.65. The predicted molar refractivity (Wildman–Crippen MR) is 84.3 cm³/mol. The van der Waals surface area contributed by atoms with E-state index >= 15 is 0 Å². The first kappa shape index (κ1) is 16.2. The number of hydroxylamine groups is 2. The molecule has 3 rings (SSSR count). The maximum absolute atomic E-state index is 12.8. The van der Waals surface area contributed by atoms with Crippen LogP contribution >= 0.6 is 0 Å². The fraction of sp³-hybridized carbons (Fsp3) is 0.389. The number of ether oxygens (including phenoxy) is 1. The summed E-state index contributed by atoms with van der Waals surface area (Å²) >= 11 is 0.